The number of rotatable bonds is 11. The average molecular weight is 713 g/mol. The molecule has 0 radical (unpaired) electrons. The Bertz CT molecular complexity index is 1860. The molecular formula is C34H38ClFN6O6S. The van der Waals surface area contributed by atoms with E-state index in [1.54, 1.807) is 29.3 Å². The molecule has 15 heteroatoms. The van der Waals surface area contributed by atoms with Crippen LogP contribution in [-0.4, -0.2) is 62.7 Å². The molecular weight excluding hydrogens is 675 g/mol. The zero-order valence-corrected chi connectivity index (χ0v) is 28.8. The second-order valence-electron chi connectivity index (χ2n) is 11.4. The first-order valence-corrected chi connectivity index (χ1v) is 17.1. The van der Waals surface area contributed by atoms with Crippen molar-refractivity contribution in [2.45, 2.75) is 32.4 Å². The van der Waals surface area contributed by atoms with Crippen molar-refractivity contribution in [2.24, 2.45) is 0 Å². The molecule has 49 heavy (non-hydrogen) atoms. The lowest BCUT2D eigenvalue weighted by molar-refractivity contribution is -0.114. The van der Waals surface area contributed by atoms with Gasteiger partial charge in [0.2, 0.25) is 21.8 Å². The molecule has 0 unspecified atom stereocenters. The van der Waals surface area contributed by atoms with E-state index in [0.29, 0.717) is 35.3 Å². The van der Waals surface area contributed by atoms with Gasteiger partial charge in [0.25, 0.3) is 0 Å². The number of pyridine rings is 1. The second kappa shape index (κ2) is 16.5. The van der Waals surface area contributed by atoms with Gasteiger partial charge < -0.3 is 20.1 Å². The molecule has 12 nitrogen and oxygen atoms in total. The number of nitrogens with zero attached hydrogens (tertiary/aromatic N) is 3. The highest BCUT2D eigenvalue weighted by Crippen LogP contribution is 2.34. The number of carbonyl (C=O) groups excluding carboxylic acids is 2. The molecule has 3 N–H and O–H groups in total. The van der Waals surface area contributed by atoms with Crippen molar-refractivity contribution in [1.82, 2.24) is 9.88 Å². The van der Waals surface area contributed by atoms with Gasteiger partial charge in [0.1, 0.15) is 5.82 Å². The van der Waals surface area contributed by atoms with E-state index in [9.17, 15) is 22.4 Å². The van der Waals surface area contributed by atoms with Gasteiger partial charge in [-0.1, -0.05) is 24.3 Å². The summed E-state index contributed by atoms with van der Waals surface area (Å²) in [7, 11) is -1.97. The Morgan fingerprint density at radius 3 is 2.31 bits per heavy atom. The molecule has 1 saturated heterocycles. The molecule has 0 aliphatic carbocycles. The first-order chi connectivity index (χ1) is 23.0. The van der Waals surface area contributed by atoms with Crippen LogP contribution in [0.2, 0.25) is 0 Å². The zero-order valence-electron chi connectivity index (χ0n) is 27.2. The Morgan fingerprint density at radius 1 is 0.959 bits per heavy atom. The van der Waals surface area contributed by atoms with E-state index in [0.717, 1.165) is 43.4 Å². The first-order valence-electron chi connectivity index (χ1n) is 15.2. The molecule has 5 rings (SSSR count). The zero-order chi connectivity index (χ0) is 34.3. The van der Waals surface area contributed by atoms with E-state index in [1.807, 2.05) is 36.4 Å². The maximum atomic E-state index is 14.2. The van der Waals surface area contributed by atoms with Crippen LogP contribution in [0.25, 0.3) is 0 Å². The van der Waals surface area contributed by atoms with Crippen molar-refractivity contribution in [3.8, 4) is 17.4 Å². The normalized spacial score (nSPS) is 13.5. The number of carbonyl (C=O) groups is 2. The number of nitrogens with one attached hydrogen (secondary N) is 3. The third kappa shape index (κ3) is 10.3. The molecule has 1 fully saturated rings. The molecule has 0 spiro atoms. The maximum absolute atomic E-state index is 14.2. The van der Waals surface area contributed by atoms with E-state index in [-0.39, 0.29) is 30.2 Å². The van der Waals surface area contributed by atoms with Crippen LogP contribution in [0.5, 0.6) is 17.4 Å². The minimum absolute atomic E-state index is 0. The fraction of sp³-hybridized carbons (Fsp3) is 0.265. The summed E-state index contributed by atoms with van der Waals surface area (Å²) in [6.07, 6.45) is 4.26. The number of hydrogen-bond donors (Lipinski definition) is 3. The van der Waals surface area contributed by atoms with Crippen LogP contribution in [0, 0.1) is 5.82 Å². The highest BCUT2D eigenvalue weighted by atomic mass is 35.5. The average Bonchev–Trinajstić information content (AvgIpc) is 3.05. The Labute approximate surface area is 291 Å². The molecule has 4 aromatic rings. The van der Waals surface area contributed by atoms with Gasteiger partial charge in [-0.15, -0.1) is 12.4 Å². The van der Waals surface area contributed by atoms with Gasteiger partial charge in [0.05, 0.1) is 24.7 Å². The van der Waals surface area contributed by atoms with Crippen LogP contribution in [0.1, 0.15) is 25.3 Å². The number of methoxy groups -OCH3 is 1. The molecule has 0 saturated carbocycles. The predicted molar refractivity (Wildman–Crippen MR) is 190 cm³/mol. The number of aromatic nitrogens is 1. The van der Waals surface area contributed by atoms with Crippen molar-refractivity contribution in [3.63, 3.8) is 0 Å². The SMILES string of the molecule is COc1cc(NS(C)(=O)=O)ccc1Oc1ccc(CN2CCC(N(C(=O)Nc3ccc(F)c(NC(C)=O)c3)c3ccccc3)CC2)cn1.Cl. The Balaban J connectivity index is 0.00000541. The summed E-state index contributed by atoms with van der Waals surface area (Å²) >= 11 is 0. The topological polar surface area (TPSA) is 142 Å². The number of anilines is 4. The summed E-state index contributed by atoms with van der Waals surface area (Å²) in [5, 5.41) is 5.31. The Kier molecular flexibility index (Phi) is 12.4. The van der Waals surface area contributed by atoms with Gasteiger partial charge in [-0.2, -0.15) is 0 Å². The van der Waals surface area contributed by atoms with Crippen LogP contribution in [0.3, 0.4) is 0 Å². The van der Waals surface area contributed by atoms with Gasteiger partial charge in [0, 0.05) is 62.3 Å². The third-order valence-corrected chi connectivity index (χ3v) is 8.20. The number of ether oxygens (including phenoxy) is 2. The number of halogens is 2. The lowest BCUT2D eigenvalue weighted by atomic mass is 10.0. The van der Waals surface area contributed by atoms with Crippen LogP contribution < -0.4 is 29.7 Å². The quantitative estimate of drug-likeness (QED) is 0.161. The molecule has 3 amide bonds. The van der Waals surface area contributed by atoms with Gasteiger partial charge in [-0.3, -0.25) is 19.3 Å². The molecule has 1 aromatic heterocycles. The lowest BCUT2D eigenvalue weighted by Crippen LogP contribution is -2.49. The summed E-state index contributed by atoms with van der Waals surface area (Å²) in [4.78, 5) is 33.6. The largest absolute Gasteiger partial charge is 0.493 e. The smallest absolute Gasteiger partial charge is 0.326 e. The molecule has 0 bridgehead atoms. The van der Waals surface area contributed by atoms with Crippen LogP contribution in [0.4, 0.5) is 31.9 Å². The van der Waals surface area contributed by atoms with Gasteiger partial charge in [0.15, 0.2) is 11.5 Å². The summed E-state index contributed by atoms with van der Waals surface area (Å²) in [5.41, 5.74) is 2.45. The summed E-state index contributed by atoms with van der Waals surface area (Å²) < 4.78 is 51.0. The van der Waals surface area contributed by atoms with Crippen molar-refractivity contribution < 1.29 is 31.9 Å². The standard InChI is InChI=1S/C34H37FN6O6S.ClH/c1-23(42)37-30-19-25(10-12-29(30)35)38-34(43)41(27-7-5-4-6-8-27)28-15-17-40(18-16-28)22-24-9-14-33(36-21-24)47-31-13-11-26(20-32(31)46-2)39-48(3,44)45;/h4-14,19-21,28,39H,15-18,22H2,1-3H3,(H,37,42)(H,38,43);1H. The number of sulfonamides is 1. The molecule has 1 aliphatic heterocycles. The van der Waals surface area contributed by atoms with Crippen LogP contribution in [0.15, 0.2) is 85.1 Å². The molecule has 0 atom stereocenters. The number of para-hydroxylation sites is 1. The van der Waals surface area contributed by atoms with Gasteiger partial charge in [-0.25, -0.2) is 22.6 Å². The number of urea groups is 1. The summed E-state index contributed by atoms with van der Waals surface area (Å²) in [6.45, 7) is 3.44. The second-order valence-corrected chi connectivity index (χ2v) is 13.1. The number of amides is 3. The molecule has 260 valence electrons. The lowest BCUT2D eigenvalue weighted by Gasteiger charge is -2.38. The fourth-order valence-electron chi connectivity index (χ4n) is 5.46. The van der Waals surface area contributed by atoms with E-state index < -0.39 is 21.7 Å². The van der Waals surface area contributed by atoms with Crippen molar-refractivity contribution in [2.75, 3.05) is 46.7 Å². The summed E-state index contributed by atoms with van der Waals surface area (Å²) in [5.74, 6) is 0.0875. The molecule has 2 heterocycles. The van der Waals surface area contributed by atoms with Gasteiger partial charge in [-0.05, 0) is 60.9 Å². The molecule has 3 aromatic carbocycles. The number of piperidine rings is 1. The summed E-state index contributed by atoms with van der Waals surface area (Å²) in [6, 6.07) is 21.4. The Morgan fingerprint density at radius 2 is 1.67 bits per heavy atom. The van der Waals surface area contributed by atoms with Crippen LogP contribution >= 0.6 is 12.4 Å². The number of benzene rings is 3. The van der Waals surface area contributed by atoms with Crippen molar-refractivity contribution in [3.05, 3.63) is 96.4 Å². The van der Waals surface area contributed by atoms with Crippen molar-refractivity contribution in [1.29, 1.82) is 0 Å². The number of hydrogen-bond acceptors (Lipinski definition) is 8. The first kappa shape index (κ1) is 36.9. The van der Waals surface area contributed by atoms with Gasteiger partial charge >= 0.3 is 6.03 Å². The van der Waals surface area contributed by atoms with E-state index >= 15 is 0 Å². The van der Waals surface area contributed by atoms with E-state index in [4.69, 9.17) is 9.47 Å². The Hall–Kier alpha value is -4.92. The minimum atomic E-state index is -3.44. The monoisotopic (exact) mass is 712 g/mol. The highest BCUT2D eigenvalue weighted by Gasteiger charge is 2.29. The van der Waals surface area contributed by atoms with Crippen molar-refractivity contribution >= 4 is 57.1 Å². The highest BCUT2D eigenvalue weighted by molar-refractivity contribution is 7.92. The third-order valence-electron chi connectivity index (χ3n) is 7.59. The predicted octanol–water partition coefficient (Wildman–Crippen LogP) is 6.48. The van der Waals surface area contributed by atoms with E-state index in [1.165, 1.54) is 38.3 Å². The number of likely N-dealkylation sites (tertiary alicyclic amines) is 1. The van der Waals surface area contributed by atoms with Crippen LogP contribution in [-0.2, 0) is 21.4 Å². The van der Waals surface area contributed by atoms with E-state index in [2.05, 4.69) is 25.2 Å². The minimum Gasteiger partial charge on any atom is -0.493 e. The molecule has 1 aliphatic rings. The maximum Gasteiger partial charge on any atom is 0.326 e. The fourth-order valence-corrected chi connectivity index (χ4v) is 6.01.